The predicted molar refractivity (Wildman–Crippen MR) is 115 cm³/mol. The molecular weight excluding hydrogens is 432 g/mol. The third-order valence-electron chi connectivity index (χ3n) is 4.78. The zero-order valence-electron chi connectivity index (χ0n) is 17.3. The van der Waals surface area contributed by atoms with Crippen molar-refractivity contribution in [3.8, 4) is 23.0 Å². The Morgan fingerprint density at radius 3 is 2.27 bits per heavy atom. The zero-order valence-corrected chi connectivity index (χ0v) is 18.8. The molecule has 2 aromatic rings. The van der Waals surface area contributed by atoms with E-state index in [1.807, 2.05) is 7.05 Å². The molecule has 0 aromatic heterocycles. The Morgan fingerprint density at radius 2 is 1.67 bits per heavy atom. The number of likely N-dealkylation sites (N-methyl/N-ethyl adjacent to an activating group) is 1. The Hall–Kier alpha value is -2.36. The minimum Gasteiger partial charge on any atom is -0.495 e. The van der Waals surface area contributed by atoms with Gasteiger partial charge in [-0.3, -0.25) is 4.72 Å². The minimum absolute atomic E-state index is 0.00491. The van der Waals surface area contributed by atoms with Crippen LogP contribution in [0.2, 0.25) is 5.02 Å². The molecule has 3 rings (SSSR count). The van der Waals surface area contributed by atoms with Gasteiger partial charge in [0.15, 0.2) is 11.5 Å². The van der Waals surface area contributed by atoms with E-state index in [1.165, 1.54) is 33.5 Å². The highest BCUT2D eigenvalue weighted by molar-refractivity contribution is 7.92. The summed E-state index contributed by atoms with van der Waals surface area (Å²) in [6.07, 6.45) is 0.885. The molecule has 2 aromatic carbocycles. The lowest BCUT2D eigenvalue weighted by Gasteiger charge is -2.17. The van der Waals surface area contributed by atoms with Gasteiger partial charge in [0.05, 0.1) is 32.0 Å². The highest BCUT2D eigenvalue weighted by Crippen LogP contribution is 2.38. The molecule has 1 saturated heterocycles. The molecule has 0 radical (unpaired) electrons. The number of sulfonamides is 1. The van der Waals surface area contributed by atoms with Gasteiger partial charge in [-0.25, -0.2) is 8.42 Å². The van der Waals surface area contributed by atoms with Crippen LogP contribution in [0.1, 0.15) is 6.42 Å². The van der Waals surface area contributed by atoms with Gasteiger partial charge in [-0.1, -0.05) is 11.6 Å². The van der Waals surface area contributed by atoms with Crippen molar-refractivity contribution in [3.63, 3.8) is 0 Å². The number of benzene rings is 2. The largest absolute Gasteiger partial charge is 0.495 e. The van der Waals surface area contributed by atoms with E-state index >= 15 is 0 Å². The second-order valence-electron chi connectivity index (χ2n) is 6.90. The molecule has 1 fully saturated rings. The molecule has 1 N–H and O–H groups in total. The van der Waals surface area contributed by atoms with Gasteiger partial charge in [0.1, 0.15) is 22.5 Å². The van der Waals surface area contributed by atoms with Gasteiger partial charge in [-0.05, 0) is 25.6 Å². The number of nitrogens with one attached hydrogen (secondary N) is 1. The number of methoxy groups -OCH3 is 3. The van der Waals surface area contributed by atoms with Gasteiger partial charge in [0, 0.05) is 31.3 Å². The van der Waals surface area contributed by atoms with E-state index in [4.69, 9.17) is 30.5 Å². The van der Waals surface area contributed by atoms with E-state index in [0.29, 0.717) is 22.2 Å². The summed E-state index contributed by atoms with van der Waals surface area (Å²) in [7, 11) is 2.29. The molecule has 1 aliphatic rings. The maximum absolute atomic E-state index is 13.1. The Labute approximate surface area is 181 Å². The molecule has 0 amide bonds. The SMILES string of the molecule is COc1cc(OC)c(S(=O)(=O)Nc2ccc(Cl)c(OC3CCN(C)C3)c2)cc1OC. The first-order chi connectivity index (χ1) is 14.3. The first kappa shape index (κ1) is 22.3. The maximum atomic E-state index is 13.1. The summed E-state index contributed by atoms with van der Waals surface area (Å²) in [5, 5.41) is 0.413. The molecule has 8 nitrogen and oxygen atoms in total. The average molecular weight is 457 g/mol. The van der Waals surface area contributed by atoms with Crippen LogP contribution in [0, 0.1) is 0 Å². The topological polar surface area (TPSA) is 86.3 Å². The first-order valence-electron chi connectivity index (χ1n) is 9.25. The lowest BCUT2D eigenvalue weighted by molar-refractivity contribution is 0.208. The smallest absolute Gasteiger partial charge is 0.265 e. The summed E-state index contributed by atoms with van der Waals surface area (Å²) in [5.41, 5.74) is 0.317. The second kappa shape index (κ2) is 9.20. The van der Waals surface area contributed by atoms with Crippen molar-refractivity contribution >= 4 is 27.3 Å². The fraction of sp³-hybridized carbons (Fsp3) is 0.400. The van der Waals surface area contributed by atoms with Gasteiger partial charge < -0.3 is 23.8 Å². The van der Waals surface area contributed by atoms with Crippen molar-refractivity contribution in [2.75, 3.05) is 46.2 Å². The third kappa shape index (κ3) is 4.85. The predicted octanol–water partition coefficient (Wildman–Crippen LogP) is 3.25. The van der Waals surface area contributed by atoms with Crippen LogP contribution in [0.5, 0.6) is 23.0 Å². The molecule has 0 spiro atoms. The van der Waals surface area contributed by atoms with E-state index < -0.39 is 10.0 Å². The standard InChI is InChI=1S/C20H25ClN2O6S/c1-23-8-7-14(12-23)29-16-9-13(5-6-15(16)21)22-30(24,25)20-11-18(27-3)17(26-2)10-19(20)28-4/h5-6,9-11,14,22H,7-8,12H2,1-4H3. The third-order valence-corrected chi connectivity index (χ3v) is 6.50. The number of nitrogens with zero attached hydrogens (tertiary/aromatic N) is 1. The van der Waals surface area contributed by atoms with Crippen LogP contribution in [-0.4, -0.2) is 60.9 Å². The Bertz CT molecular complexity index is 1010. The number of hydrogen-bond donors (Lipinski definition) is 1. The zero-order chi connectivity index (χ0) is 21.9. The van der Waals surface area contributed by atoms with E-state index in [1.54, 1.807) is 18.2 Å². The lowest BCUT2D eigenvalue weighted by Crippen LogP contribution is -2.21. The van der Waals surface area contributed by atoms with E-state index in [-0.39, 0.29) is 22.5 Å². The fourth-order valence-electron chi connectivity index (χ4n) is 3.25. The summed E-state index contributed by atoms with van der Waals surface area (Å²) in [5.74, 6) is 1.18. The molecule has 1 unspecified atom stereocenters. The number of halogens is 1. The normalized spacial score (nSPS) is 16.9. The summed E-state index contributed by atoms with van der Waals surface area (Å²) in [6.45, 7) is 1.73. The molecule has 1 atom stereocenters. The Balaban J connectivity index is 1.89. The van der Waals surface area contributed by atoms with Gasteiger partial charge in [-0.15, -0.1) is 0 Å². The van der Waals surface area contributed by atoms with Gasteiger partial charge >= 0.3 is 0 Å². The fourth-order valence-corrected chi connectivity index (χ4v) is 4.63. The summed E-state index contributed by atoms with van der Waals surface area (Å²) >= 11 is 6.25. The molecule has 0 bridgehead atoms. The second-order valence-corrected chi connectivity index (χ2v) is 8.96. The van der Waals surface area contributed by atoms with Gasteiger partial charge in [-0.2, -0.15) is 0 Å². The van der Waals surface area contributed by atoms with Crippen molar-refractivity contribution in [3.05, 3.63) is 35.4 Å². The summed E-state index contributed by atoms with van der Waals surface area (Å²) < 4.78 is 50.3. The number of likely N-dealkylation sites (tertiary alicyclic amines) is 1. The summed E-state index contributed by atoms with van der Waals surface area (Å²) in [4.78, 5) is 2.08. The maximum Gasteiger partial charge on any atom is 0.265 e. The molecule has 10 heteroatoms. The molecular formula is C20H25ClN2O6S. The first-order valence-corrected chi connectivity index (χ1v) is 11.1. The molecule has 0 aliphatic carbocycles. The molecule has 1 heterocycles. The van der Waals surface area contributed by atoms with Crippen LogP contribution in [0.3, 0.4) is 0 Å². The van der Waals surface area contributed by atoms with Crippen LogP contribution < -0.4 is 23.7 Å². The van der Waals surface area contributed by atoms with Crippen LogP contribution in [0.25, 0.3) is 0 Å². The van der Waals surface area contributed by atoms with Crippen molar-refractivity contribution in [2.24, 2.45) is 0 Å². The molecule has 1 aliphatic heterocycles. The van der Waals surface area contributed by atoms with Crippen molar-refractivity contribution in [1.82, 2.24) is 4.90 Å². The number of ether oxygens (including phenoxy) is 4. The highest BCUT2D eigenvalue weighted by atomic mass is 35.5. The van der Waals surface area contributed by atoms with Crippen molar-refractivity contribution in [2.45, 2.75) is 17.4 Å². The van der Waals surface area contributed by atoms with E-state index in [9.17, 15) is 8.42 Å². The monoisotopic (exact) mass is 456 g/mol. The van der Waals surface area contributed by atoms with Crippen LogP contribution in [0.4, 0.5) is 5.69 Å². The molecule has 0 saturated carbocycles. The van der Waals surface area contributed by atoms with E-state index in [2.05, 4.69) is 9.62 Å². The minimum atomic E-state index is -4.00. The van der Waals surface area contributed by atoms with Crippen LogP contribution in [-0.2, 0) is 10.0 Å². The quantitative estimate of drug-likeness (QED) is 0.652. The number of hydrogen-bond acceptors (Lipinski definition) is 7. The van der Waals surface area contributed by atoms with Crippen molar-refractivity contribution in [1.29, 1.82) is 0 Å². The Kier molecular flexibility index (Phi) is 6.84. The highest BCUT2D eigenvalue weighted by Gasteiger charge is 2.25. The summed E-state index contributed by atoms with van der Waals surface area (Å²) in [6, 6.07) is 7.55. The van der Waals surface area contributed by atoms with Crippen LogP contribution >= 0.6 is 11.6 Å². The molecule has 164 valence electrons. The number of rotatable bonds is 8. The Morgan fingerprint density at radius 1 is 1.00 bits per heavy atom. The van der Waals surface area contributed by atoms with Gasteiger partial charge in [0.2, 0.25) is 0 Å². The molecule has 30 heavy (non-hydrogen) atoms. The van der Waals surface area contributed by atoms with E-state index in [0.717, 1.165) is 19.5 Å². The number of anilines is 1. The van der Waals surface area contributed by atoms with Gasteiger partial charge in [0.25, 0.3) is 10.0 Å². The average Bonchev–Trinajstić information content (AvgIpc) is 3.13. The van der Waals surface area contributed by atoms with Crippen molar-refractivity contribution < 1.29 is 27.4 Å². The van der Waals surface area contributed by atoms with Crippen LogP contribution in [0.15, 0.2) is 35.2 Å². The lowest BCUT2D eigenvalue weighted by atomic mass is 10.3.